The number of aliphatic hydroxyl groups excluding tert-OH is 6. The van der Waals surface area contributed by atoms with Crippen LogP contribution >= 0.6 is 0 Å². The maximum atomic E-state index is 8.96. The average molecular weight is 230 g/mol. The zero-order valence-corrected chi connectivity index (χ0v) is 8.47. The molecular weight excluding hydrogens is 216 g/mol. The molecule has 0 aromatic heterocycles. The fourth-order valence-corrected chi connectivity index (χ4v) is 0.671. The van der Waals surface area contributed by atoms with Gasteiger partial charge in [-0.1, -0.05) is 0 Å². The molecule has 0 rings (SSSR count). The molecule has 0 aromatic rings. The number of rotatable bonds is 5. The molecule has 0 unspecified atom stereocenters. The van der Waals surface area contributed by atoms with Gasteiger partial charge >= 0.3 is 0 Å². The van der Waals surface area contributed by atoms with Crippen molar-refractivity contribution in [2.75, 3.05) is 13.2 Å². The van der Waals surface area contributed by atoms with Crippen LogP contribution in [0.5, 0.6) is 0 Å². The molecule has 6 N–H and O–H groups in total. The topological polar surface area (TPSA) is 121 Å². The first-order valence-corrected chi connectivity index (χ1v) is 3.48. The molecule has 0 spiro atoms. The molecule has 0 aliphatic carbocycles. The summed E-state index contributed by atoms with van der Waals surface area (Å²) in [5.41, 5.74) is 0. The summed E-state index contributed by atoms with van der Waals surface area (Å²) in [6.07, 6.45) is -6.39. The molecule has 4 atom stereocenters. The van der Waals surface area contributed by atoms with E-state index in [1.807, 2.05) is 0 Å². The maximum absolute atomic E-state index is 8.96. The van der Waals surface area contributed by atoms with Crippen molar-refractivity contribution in [1.82, 2.24) is 0 Å². The smallest absolute Gasteiger partial charge is 0.111 e. The number of hydrogen-bond acceptors (Lipinski definition) is 6. The third-order valence-corrected chi connectivity index (χ3v) is 1.51. The quantitative estimate of drug-likeness (QED) is 0.271. The fraction of sp³-hybridized carbons (Fsp3) is 1.00. The minimum atomic E-state index is -1.67. The molecule has 0 aliphatic rings. The molecule has 0 heterocycles. The van der Waals surface area contributed by atoms with E-state index in [2.05, 4.69) is 0 Å². The van der Waals surface area contributed by atoms with Crippen LogP contribution in [0.25, 0.3) is 0 Å². The third-order valence-electron chi connectivity index (χ3n) is 1.51. The zero-order chi connectivity index (χ0) is 9.72. The van der Waals surface area contributed by atoms with Crippen LogP contribution in [0, 0.1) is 0 Å². The first kappa shape index (κ1) is 15.9. The molecule has 0 fully saturated rings. The minimum Gasteiger partial charge on any atom is -0.394 e. The second-order valence-electron chi connectivity index (χ2n) is 2.48. The van der Waals surface area contributed by atoms with Gasteiger partial charge in [-0.05, 0) is 0 Å². The second-order valence-corrected chi connectivity index (χ2v) is 2.48. The van der Waals surface area contributed by atoms with E-state index in [-0.39, 0.29) is 21.7 Å². The van der Waals surface area contributed by atoms with Crippen molar-refractivity contribution in [2.45, 2.75) is 24.4 Å². The Morgan fingerprint density at radius 1 is 0.692 bits per heavy atom. The van der Waals surface area contributed by atoms with Crippen molar-refractivity contribution in [3.8, 4) is 0 Å². The Kier molecular flexibility index (Phi) is 9.60. The fourth-order valence-electron chi connectivity index (χ4n) is 0.671. The molecule has 0 radical (unpaired) electrons. The van der Waals surface area contributed by atoms with Crippen LogP contribution in [-0.2, 0) is 21.7 Å². The molecule has 13 heavy (non-hydrogen) atoms. The van der Waals surface area contributed by atoms with Crippen LogP contribution in [0.3, 0.4) is 0 Å². The Balaban J connectivity index is 0. The molecular formula is C6H14O6Ti. The van der Waals surface area contributed by atoms with Crippen molar-refractivity contribution in [1.29, 1.82) is 0 Å². The second kappa shape index (κ2) is 7.84. The number of aliphatic hydroxyl groups is 6. The van der Waals surface area contributed by atoms with Crippen molar-refractivity contribution < 1.29 is 52.4 Å². The van der Waals surface area contributed by atoms with Crippen LogP contribution in [0.1, 0.15) is 0 Å². The third kappa shape index (κ3) is 5.04. The Morgan fingerprint density at radius 2 is 0.923 bits per heavy atom. The summed E-state index contributed by atoms with van der Waals surface area (Å²) >= 11 is 0. The number of hydrogen-bond donors (Lipinski definition) is 6. The summed E-state index contributed by atoms with van der Waals surface area (Å²) in [5, 5.41) is 52.2. The van der Waals surface area contributed by atoms with E-state index in [4.69, 9.17) is 30.6 Å². The van der Waals surface area contributed by atoms with E-state index in [9.17, 15) is 0 Å². The van der Waals surface area contributed by atoms with Crippen LogP contribution < -0.4 is 0 Å². The summed E-state index contributed by atoms with van der Waals surface area (Å²) in [7, 11) is 0. The molecule has 7 heteroatoms. The van der Waals surface area contributed by atoms with Gasteiger partial charge in [-0.2, -0.15) is 0 Å². The minimum absolute atomic E-state index is 0. The largest absolute Gasteiger partial charge is 0.394 e. The summed E-state index contributed by atoms with van der Waals surface area (Å²) in [4.78, 5) is 0. The zero-order valence-electron chi connectivity index (χ0n) is 6.91. The molecule has 78 valence electrons. The predicted octanol–water partition coefficient (Wildman–Crippen LogP) is -3.59. The Morgan fingerprint density at radius 3 is 1.08 bits per heavy atom. The van der Waals surface area contributed by atoms with Crippen molar-refractivity contribution >= 4 is 0 Å². The van der Waals surface area contributed by atoms with E-state index in [1.54, 1.807) is 0 Å². The molecule has 0 saturated heterocycles. The predicted molar refractivity (Wildman–Crippen MR) is 38.2 cm³/mol. The maximum Gasteiger partial charge on any atom is 0.111 e. The van der Waals surface area contributed by atoms with E-state index in [1.165, 1.54) is 0 Å². The summed E-state index contributed by atoms with van der Waals surface area (Å²) in [6, 6.07) is 0. The Bertz CT molecular complexity index is 110. The van der Waals surface area contributed by atoms with Crippen molar-refractivity contribution in [3.05, 3.63) is 0 Å². The standard InChI is InChI=1S/C6H14O6.Ti/c7-1-3(9)5(11)6(12)4(10)2-8;/h3-12H,1-2H2;/t3-,4-,5-,6-;/m1./s1. The molecule has 0 bridgehead atoms. The molecule has 0 amide bonds. The first-order valence-electron chi connectivity index (χ1n) is 3.48. The summed E-state index contributed by atoms with van der Waals surface area (Å²) in [5.74, 6) is 0. The Labute approximate surface area is 90.3 Å². The van der Waals surface area contributed by atoms with E-state index >= 15 is 0 Å². The van der Waals surface area contributed by atoms with Gasteiger partial charge in [0.05, 0.1) is 13.2 Å². The molecule has 0 aliphatic heterocycles. The van der Waals surface area contributed by atoms with Crippen LogP contribution in [0.2, 0.25) is 0 Å². The van der Waals surface area contributed by atoms with Gasteiger partial charge in [0, 0.05) is 21.7 Å². The normalized spacial score (nSPS) is 19.8. The van der Waals surface area contributed by atoms with E-state index in [0.717, 1.165) is 0 Å². The van der Waals surface area contributed by atoms with Gasteiger partial charge in [0.25, 0.3) is 0 Å². The van der Waals surface area contributed by atoms with Gasteiger partial charge in [0.2, 0.25) is 0 Å². The van der Waals surface area contributed by atoms with E-state index in [0.29, 0.717) is 0 Å². The van der Waals surface area contributed by atoms with Crippen molar-refractivity contribution in [2.24, 2.45) is 0 Å². The summed E-state index contributed by atoms with van der Waals surface area (Å²) in [6.45, 7) is -1.45. The summed E-state index contributed by atoms with van der Waals surface area (Å²) < 4.78 is 0. The molecule has 0 aromatic carbocycles. The van der Waals surface area contributed by atoms with Crippen LogP contribution in [0.4, 0.5) is 0 Å². The van der Waals surface area contributed by atoms with Crippen LogP contribution in [-0.4, -0.2) is 68.3 Å². The average Bonchev–Trinajstić information content (AvgIpc) is 2.12. The molecule has 6 nitrogen and oxygen atoms in total. The monoisotopic (exact) mass is 230 g/mol. The SMILES string of the molecule is OC[C@@H](O)[C@@H](O)[C@H](O)[C@H](O)CO.[Ti]. The van der Waals surface area contributed by atoms with Crippen molar-refractivity contribution in [3.63, 3.8) is 0 Å². The van der Waals surface area contributed by atoms with Crippen LogP contribution in [0.15, 0.2) is 0 Å². The molecule has 0 saturated carbocycles. The van der Waals surface area contributed by atoms with Gasteiger partial charge in [-0.25, -0.2) is 0 Å². The van der Waals surface area contributed by atoms with Gasteiger partial charge in [-0.15, -0.1) is 0 Å². The van der Waals surface area contributed by atoms with Gasteiger partial charge in [0.15, 0.2) is 0 Å². The van der Waals surface area contributed by atoms with Gasteiger partial charge in [-0.3, -0.25) is 0 Å². The van der Waals surface area contributed by atoms with Gasteiger partial charge < -0.3 is 30.6 Å². The van der Waals surface area contributed by atoms with Gasteiger partial charge in [0.1, 0.15) is 24.4 Å². The Hall–Kier alpha value is 0.474. The first-order chi connectivity index (χ1) is 5.54. The van der Waals surface area contributed by atoms with E-state index < -0.39 is 37.6 Å².